The summed E-state index contributed by atoms with van der Waals surface area (Å²) in [5.74, 6) is 1.37. The van der Waals surface area contributed by atoms with Crippen LogP contribution in [-0.2, 0) is 4.74 Å². The number of nitrogens with two attached hydrogens (primary N) is 1. The Bertz CT molecular complexity index is 315. The number of methoxy groups -OCH3 is 2. The summed E-state index contributed by atoms with van der Waals surface area (Å²) in [5, 5.41) is 0. The van der Waals surface area contributed by atoms with E-state index in [1.165, 1.54) is 0 Å². The summed E-state index contributed by atoms with van der Waals surface area (Å²) in [6, 6.07) is 5.33. The van der Waals surface area contributed by atoms with E-state index in [9.17, 15) is 0 Å². The lowest BCUT2D eigenvalue weighted by molar-refractivity contribution is 0.0717. The highest BCUT2D eigenvalue weighted by atomic mass is 16.5. The molecule has 0 heterocycles. The Morgan fingerprint density at radius 3 is 2.60 bits per heavy atom. The molecule has 0 aromatic heterocycles. The minimum absolute atomic E-state index is 0.0633. The largest absolute Gasteiger partial charge is 0.495 e. The van der Waals surface area contributed by atoms with Gasteiger partial charge in [-0.05, 0) is 19.1 Å². The molecule has 1 aromatic rings. The lowest BCUT2D eigenvalue weighted by Gasteiger charge is -2.12. The zero-order valence-electron chi connectivity index (χ0n) is 9.32. The van der Waals surface area contributed by atoms with Crippen LogP contribution in [0.3, 0.4) is 0 Å². The van der Waals surface area contributed by atoms with Crippen LogP contribution in [0.4, 0.5) is 5.69 Å². The van der Waals surface area contributed by atoms with Crippen molar-refractivity contribution in [2.24, 2.45) is 0 Å². The van der Waals surface area contributed by atoms with E-state index in [-0.39, 0.29) is 6.10 Å². The Morgan fingerprint density at radius 2 is 2.07 bits per heavy atom. The predicted octanol–water partition coefficient (Wildman–Crippen LogP) is 1.69. The number of anilines is 1. The van der Waals surface area contributed by atoms with E-state index >= 15 is 0 Å². The van der Waals surface area contributed by atoms with Gasteiger partial charge in [0.2, 0.25) is 0 Å². The molecule has 0 spiro atoms. The molecule has 2 N–H and O–H groups in total. The third-order valence-electron chi connectivity index (χ3n) is 2.09. The van der Waals surface area contributed by atoms with Crippen molar-refractivity contribution in [2.45, 2.75) is 13.0 Å². The van der Waals surface area contributed by atoms with Crippen LogP contribution in [0.5, 0.6) is 11.5 Å². The molecule has 1 atom stereocenters. The summed E-state index contributed by atoms with van der Waals surface area (Å²) in [5.41, 5.74) is 6.30. The number of ether oxygens (including phenoxy) is 3. The number of hydrogen-bond donors (Lipinski definition) is 1. The number of nitrogen functional groups attached to an aromatic ring is 1. The molecule has 1 unspecified atom stereocenters. The molecule has 84 valence electrons. The zero-order chi connectivity index (χ0) is 11.3. The molecular weight excluding hydrogens is 194 g/mol. The molecule has 15 heavy (non-hydrogen) atoms. The third-order valence-corrected chi connectivity index (χ3v) is 2.09. The molecule has 4 heteroatoms. The first-order valence-corrected chi connectivity index (χ1v) is 4.76. The van der Waals surface area contributed by atoms with Gasteiger partial charge in [0.1, 0.15) is 18.1 Å². The molecule has 0 fully saturated rings. The fourth-order valence-electron chi connectivity index (χ4n) is 1.08. The van der Waals surface area contributed by atoms with Crippen molar-refractivity contribution in [1.29, 1.82) is 0 Å². The van der Waals surface area contributed by atoms with Gasteiger partial charge in [0, 0.05) is 13.2 Å². The monoisotopic (exact) mass is 211 g/mol. The molecule has 0 amide bonds. The van der Waals surface area contributed by atoms with Gasteiger partial charge in [-0.3, -0.25) is 0 Å². The van der Waals surface area contributed by atoms with Crippen molar-refractivity contribution in [3.8, 4) is 11.5 Å². The Morgan fingerprint density at radius 1 is 1.33 bits per heavy atom. The van der Waals surface area contributed by atoms with E-state index in [0.29, 0.717) is 18.0 Å². The molecular formula is C11H17NO3. The highest BCUT2D eigenvalue weighted by Crippen LogP contribution is 2.25. The summed E-state index contributed by atoms with van der Waals surface area (Å²) in [6.45, 7) is 2.44. The Labute approximate surface area is 89.9 Å². The molecule has 0 aliphatic rings. The Hall–Kier alpha value is -1.42. The second-order valence-electron chi connectivity index (χ2n) is 3.26. The van der Waals surface area contributed by atoms with Gasteiger partial charge in [0.25, 0.3) is 0 Å². The molecule has 1 rings (SSSR count). The molecule has 0 radical (unpaired) electrons. The molecule has 4 nitrogen and oxygen atoms in total. The quantitative estimate of drug-likeness (QED) is 0.753. The molecule has 0 saturated carbocycles. The highest BCUT2D eigenvalue weighted by Gasteiger charge is 2.03. The van der Waals surface area contributed by atoms with E-state index in [4.69, 9.17) is 19.9 Å². The zero-order valence-corrected chi connectivity index (χ0v) is 9.32. The summed E-state index contributed by atoms with van der Waals surface area (Å²) in [4.78, 5) is 0. The van der Waals surface area contributed by atoms with Crippen LogP contribution in [0.25, 0.3) is 0 Å². The van der Waals surface area contributed by atoms with E-state index in [0.717, 1.165) is 5.75 Å². The molecule has 1 aromatic carbocycles. The first kappa shape index (κ1) is 11.7. The van der Waals surface area contributed by atoms with Crippen LogP contribution in [0, 0.1) is 0 Å². The number of rotatable bonds is 5. The maximum atomic E-state index is 5.73. The fraction of sp³-hybridized carbons (Fsp3) is 0.455. The van der Waals surface area contributed by atoms with Crippen molar-refractivity contribution in [3.05, 3.63) is 18.2 Å². The fourth-order valence-corrected chi connectivity index (χ4v) is 1.08. The van der Waals surface area contributed by atoms with Crippen molar-refractivity contribution in [3.63, 3.8) is 0 Å². The standard InChI is InChI=1S/C11H17NO3/c1-8(13-2)7-15-9-4-5-11(14-3)10(12)6-9/h4-6,8H,7,12H2,1-3H3. The van der Waals surface area contributed by atoms with Gasteiger partial charge < -0.3 is 19.9 Å². The SMILES string of the molecule is COc1ccc(OCC(C)OC)cc1N. The Kier molecular flexibility index (Phi) is 4.24. The summed E-state index contributed by atoms with van der Waals surface area (Å²) < 4.78 is 15.6. The highest BCUT2D eigenvalue weighted by molar-refractivity contribution is 5.56. The smallest absolute Gasteiger partial charge is 0.142 e. The minimum atomic E-state index is 0.0633. The van der Waals surface area contributed by atoms with Crippen LogP contribution in [0.2, 0.25) is 0 Å². The molecule has 0 aliphatic carbocycles. The summed E-state index contributed by atoms with van der Waals surface area (Å²) in [6.07, 6.45) is 0.0633. The van der Waals surface area contributed by atoms with Crippen LogP contribution < -0.4 is 15.2 Å². The third kappa shape index (κ3) is 3.32. The average Bonchev–Trinajstić information content (AvgIpc) is 2.26. The first-order chi connectivity index (χ1) is 7.17. The first-order valence-electron chi connectivity index (χ1n) is 4.76. The van der Waals surface area contributed by atoms with E-state index in [2.05, 4.69) is 0 Å². The van der Waals surface area contributed by atoms with Crippen molar-refractivity contribution in [1.82, 2.24) is 0 Å². The van der Waals surface area contributed by atoms with Crippen molar-refractivity contribution < 1.29 is 14.2 Å². The summed E-state index contributed by atoms with van der Waals surface area (Å²) in [7, 11) is 3.23. The summed E-state index contributed by atoms with van der Waals surface area (Å²) >= 11 is 0. The van der Waals surface area contributed by atoms with E-state index < -0.39 is 0 Å². The molecule has 0 saturated heterocycles. The van der Waals surface area contributed by atoms with Gasteiger partial charge in [-0.1, -0.05) is 0 Å². The lowest BCUT2D eigenvalue weighted by atomic mass is 10.3. The van der Waals surface area contributed by atoms with Crippen molar-refractivity contribution >= 4 is 5.69 Å². The second-order valence-corrected chi connectivity index (χ2v) is 3.26. The van der Waals surface area contributed by atoms with Gasteiger partial charge in [0.05, 0.1) is 18.9 Å². The van der Waals surface area contributed by atoms with Gasteiger partial charge in [-0.15, -0.1) is 0 Å². The van der Waals surface area contributed by atoms with Gasteiger partial charge in [-0.25, -0.2) is 0 Å². The van der Waals surface area contributed by atoms with Crippen LogP contribution >= 0.6 is 0 Å². The van der Waals surface area contributed by atoms with Gasteiger partial charge >= 0.3 is 0 Å². The van der Waals surface area contributed by atoms with E-state index in [1.54, 1.807) is 26.4 Å². The minimum Gasteiger partial charge on any atom is -0.495 e. The van der Waals surface area contributed by atoms with Crippen LogP contribution in [0.1, 0.15) is 6.92 Å². The van der Waals surface area contributed by atoms with Crippen LogP contribution in [0.15, 0.2) is 18.2 Å². The molecule has 0 bridgehead atoms. The van der Waals surface area contributed by atoms with Crippen LogP contribution in [-0.4, -0.2) is 26.9 Å². The predicted molar refractivity (Wildman–Crippen MR) is 59.4 cm³/mol. The average molecular weight is 211 g/mol. The normalized spacial score (nSPS) is 12.2. The van der Waals surface area contributed by atoms with Gasteiger partial charge in [-0.2, -0.15) is 0 Å². The molecule has 0 aliphatic heterocycles. The topological polar surface area (TPSA) is 53.7 Å². The lowest BCUT2D eigenvalue weighted by Crippen LogP contribution is -2.15. The Balaban J connectivity index is 2.59. The second kappa shape index (κ2) is 5.46. The van der Waals surface area contributed by atoms with E-state index in [1.807, 2.05) is 13.0 Å². The van der Waals surface area contributed by atoms with Gasteiger partial charge in [0.15, 0.2) is 0 Å². The maximum absolute atomic E-state index is 5.73. The van der Waals surface area contributed by atoms with Crippen molar-refractivity contribution in [2.75, 3.05) is 26.6 Å². The number of benzene rings is 1. The number of hydrogen-bond acceptors (Lipinski definition) is 4. The maximum Gasteiger partial charge on any atom is 0.142 e.